The molecule has 0 aromatic heterocycles. The van der Waals surface area contributed by atoms with Gasteiger partial charge in [0.2, 0.25) is 0 Å². The van der Waals surface area contributed by atoms with Crippen molar-refractivity contribution in [1.29, 1.82) is 0 Å². The highest BCUT2D eigenvalue weighted by atomic mass is 19.1. The number of rotatable bonds is 5. The number of alkyl halides is 1. The van der Waals surface area contributed by atoms with Crippen LogP contribution in [0.3, 0.4) is 0 Å². The van der Waals surface area contributed by atoms with Crippen LogP contribution in [-0.2, 0) is 0 Å². The predicted octanol–water partition coefficient (Wildman–Crippen LogP) is 3.71. The maximum Gasteiger partial charge on any atom is 0.336 e. The molecule has 1 aromatic rings. The van der Waals surface area contributed by atoms with Crippen molar-refractivity contribution >= 4 is 5.97 Å². The van der Waals surface area contributed by atoms with E-state index in [1.807, 2.05) is 19.1 Å². The van der Waals surface area contributed by atoms with Gasteiger partial charge >= 0.3 is 5.97 Å². The van der Waals surface area contributed by atoms with E-state index in [-0.39, 0.29) is 12.1 Å². The van der Waals surface area contributed by atoms with Gasteiger partial charge in [0.25, 0.3) is 0 Å². The minimum Gasteiger partial charge on any atom is -0.478 e. The number of benzene rings is 1. The summed E-state index contributed by atoms with van der Waals surface area (Å²) in [6, 6.07) is 6.72. The molecule has 1 aliphatic rings. The lowest BCUT2D eigenvalue weighted by atomic mass is 9.91. The summed E-state index contributed by atoms with van der Waals surface area (Å²) in [4.78, 5) is 11.3. The van der Waals surface area contributed by atoms with Crippen LogP contribution in [-0.4, -0.2) is 23.3 Å². The molecule has 2 N–H and O–H groups in total. The molecule has 0 heterocycles. The fourth-order valence-corrected chi connectivity index (χ4v) is 2.95. The van der Waals surface area contributed by atoms with Gasteiger partial charge in [-0.05, 0) is 30.9 Å². The lowest BCUT2D eigenvalue weighted by Crippen LogP contribution is -2.42. The standard InChI is InChI=1S/C16H22FNO2/c1-2-14(18-15-10-6-5-9-13(15)17)11-7-3-4-8-12(11)16(19)20/h3-4,7-8,13-15,18H,2,5-6,9-10H2,1H3,(H,19,20). The van der Waals surface area contributed by atoms with Crippen LogP contribution < -0.4 is 5.32 Å². The summed E-state index contributed by atoms with van der Waals surface area (Å²) in [6.45, 7) is 1.99. The van der Waals surface area contributed by atoms with Gasteiger partial charge in [-0.1, -0.05) is 38.0 Å². The van der Waals surface area contributed by atoms with Crippen molar-refractivity contribution in [2.45, 2.75) is 57.3 Å². The van der Waals surface area contributed by atoms with Crippen LogP contribution in [0.4, 0.5) is 4.39 Å². The van der Waals surface area contributed by atoms with Crippen molar-refractivity contribution in [3.63, 3.8) is 0 Å². The van der Waals surface area contributed by atoms with Gasteiger partial charge in [0, 0.05) is 12.1 Å². The molecule has 20 heavy (non-hydrogen) atoms. The van der Waals surface area contributed by atoms with Crippen LogP contribution >= 0.6 is 0 Å². The molecule has 0 amide bonds. The van der Waals surface area contributed by atoms with E-state index in [0.717, 1.165) is 31.2 Å². The number of hydrogen-bond acceptors (Lipinski definition) is 2. The number of carboxylic acids is 1. The third-order valence-corrected chi connectivity index (χ3v) is 4.07. The Morgan fingerprint density at radius 2 is 2.10 bits per heavy atom. The fourth-order valence-electron chi connectivity index (χ4n) is 2.95. The van der Waals surface area contributed by atoms with E-state index in [4.69, 9.17) is 0 Å². The minimum atomic E-state index is -0.929. The zero-order chi connectivity index (χ0) is 14.5. The maximum atomic E-state index is 13.9. The fraction of sp³-hybridized carbons (Fsp3) is 0.562. The number of carboxylic acid groups (broad SMARTS) is 1. The maximum absolute atomic E-state index is 13.9. The molecule has 1 fully saturated rings. The average molecular weight is 279 g/mol. The Morgan fingerprint density at radius 1 is 1.40 bits per heavy atom. The van der Waals surface area contributed by atoms with E-state index in [1.54, 1.807) is 12.1 Å². The van der Waals surface area contributed by atoms with E-state index in [2.05, 4.69) is 5.32 Å². The van der Waals surface area contributed by atoms with Gasteiger partial charge in [0.1, 0.15) is 6.17 Å². The molecule has 3 atom stereocenters. The zero-order valence-electron chi connectivity index (χ0n) is 11.8. The Morgan fingerprint density at radius 3 is 2.75 bits per heavy atom. The van der Waals surface area contributed by atoms with E-state index < -0.39 is 12.1 Å². The van der Waals surface area contributed by atoms with Gasteiger partial charge in [0.15, 0.2) is 0 Å². The highest BCUT2D eigenvalue weighted by Crippen LogP contribution is 2.27. The monoisotopic (exact) mass is 279 g/mol. The van der Waals surface area contributed by atoms with Crippen LogP contribution in [0.15, 0.2) is 24.3 Å². The summed E-state index contributed by atoms with van der Waals surface area (Å²) in [5.41, 5.74) is 1.05. The van der Waals surface area contributed by atoms with Crippen LogP contribution in [0.2, 0.25) is 0 Å². The van der Waals surface area contributed by atoms with Crippen molar-refractivity contribution in [3.05, 3.63) is 35.4 Å². The van der Waals surface area contributed by atoms with Gasteiger partial charge in [0.05, 0.1) is 5.56 Å². The normalized spacial score (nSPS) is 24.3. The SMILES string of the molecule is CCC(NC1CCCCC1F)c1ccccc1C(=O)O. The molecule has 1 aromatic carbocycles. The molecular formula is C16H22FNO2. The lowest BCUT2D eigenvalue weighted by Gasteiger charge is -2.31. The van der Waals surface area contributed by atoms with Crippen molar-refractivity contribution in [2.24, 2.45) is 0 Å². The molecule has 0 spiro atoms. The van der Waals surface area contributed by atoms with Crippen molar-refractivity contribution in [3.8, 4) is 0 Å². The molecule has 0 radical (unpaired) electrons. The number of halogens is 1. The summed E-state index contributed by atoms with van der Waals surface area (Å²) >= 11 is 0. The van der Waals surface area contributed by atoms with E-state index in [1.165, 1.54) is 0 Å². The second-order valence-electron chi connectivity index (χ2n) is 5.43. The van der Waals surface area contributed by atoms with Crippen molar-refractivity contribution in [1.82, 2.24) is 5.32 Å². The first-order valence-corrected chi connectivity index (χ1v) is 7.35. The summed E-state index contributed by atoms with van der Waals surface area (Å²) in [5, 5.41) is 12.6. The van der Waals surface area contributed by atoms with Crippen molar-refractivity contribution in [2.75, 3.05) is 0 Å². The number of hydrogen-bond donors (Lipinski definition) is 2. The first-order valence-electron chi connectivity index (χ1n) is 7.35. The molecule has 3 nitrogen and oxygen atoms in total. The Bertz CT molecular complexity index is 464. The van der Waals surface area contributed by atoms with E-state index in [9.17, 15) is 14.3 Å². The Labute approximate surface area is 119 Å². The van der Waals surface area contributed by atoms with Crippen molar-refractivity contribution < 1.29 is 14.3 Å². The lowest BCUT2D eigenvalue weighted by molar-refractivity contribution is 0.0694. The molecule has 1 aliphatic carbocycles. The first kappa shape index (κ1) is 15.0. The number of carbonyl (C=O) groups is 1. The molecule has 4 heteroatoms. The van der Waals surface area contributed by atoms with E-state index >= 15 is 0 Å². The molecule has 110 valence electrons. The first-order chi connectivity index (χ1) is 9.63. The second kappa shape index (κ2) is 6.84. The largest absolute Gasteiger partial charge is 0.478 e. The van der Waals surface area contributed by atoms with Gasteiger partial charge < -0.3 is 10.4 Å². The molecule has 1 saturated carbocycles. The summed E-state index contributed by atoms with van der Waals surface area (Å²) in [5.74, 6) is -0.929. The molecule has 2 rings (SSSR count). The molecule has 3 unspecified atom stereocenters. The topological polar surface area (TPSA) is 49.3 Å². The number of nitrogens with one attached hydrogen (secondary N) is 1. The summed E-state index contributed by atoms with van der Waals surface area (Å²) in [6.07, 6.45) is 3.33. The Kier molecular flexibility index (Phi) is 5.12. The molecular weight excluding hydrogens is 257 g/mol. The summed E-state index contributed by atoms with van der Waals surface area (Å²) < 4.78 is 13.9. The molecule has 0 aliphatic heterocycles. The van der Waals surface area contributed by atoms with Gasteiger partial charge in [-0.25, -0.2) is 9.18 Å². The van der Waals surface area contributed by atoms with Crippen LogP contribution in [0.25, 0.3) is 0 Å². The smallest absolute Gasteiger partial charge is 0.336 e. The van der Waals surface area contributed by atoms with Crippen LogP contribution in [0.1, 0.15) is 61.0 Å². The number of aromatic carboxylic acids is 1. The minimum absolute atomic E-state index is 0.108. The van der Waals surface area contributed by atoms with Crippen LogP contribution in [0, 0.1) is 0 Å². The Balaban J connectivity index is 2.17. The summed E-state index contributed by atoms with van der Waals surface area (Å²) in [7, 11) is 0. The molecule has 0 bridgehead atoms. The predicted molar refractivity (Wildman–Crippen MR) is 76.7 cm³/mol. The third kappa shape index (κ3) is 3.37. The second-order valence-corrected chi connectivity index (χ2v) is 5.43. The van der Waals surface area contributed by atoms with Gasteiger partial charge in [-0.3, -0.25) is 0 Å². The van der Waals surface area contributed by atoms with Gasteiger partial charge in [-0.2, -0.15) is 0 Å². The zero-order valence-corrected chi connectivity index (χ0v) is 11.8. The third-order valence-electron chi connectivity index (χ3n) is 4.07. The van der Waals surface area contributed by atoms with E-state index in [0.29, 0.717) is 12.0 Å². The highest BCUT2D eigenvalue weighted by Gasteiger charge is 2.28. The van der Waals surface area contributed by atoms with Crippen LogP contribution in [0.5, 0.6) is 0 Å². The average Bonchev–Trinajstić information content (AvgIpc) is 2.46. The quantitative estimate of drug-likeness (QED) is 0.864. The van der Waals surface area contributed by atoms with Gasteiger partial charge in [-0.15, -0.1) is 0 Å². The highest BCUT2D eigenvalue weighted by molar-refractivity contribution is 5.89. The Hall–Kier alpha value is -1.42. The molecule has 0 saturated heterocycles.